The minimum absolute atomic E-state index is 0.0652. The molecule has 9 aromatic rings. The van der Waals surface area contributed by atoms with E-state index >= 15 is 0 Å². The molecular weight excluding hydrogens is 1080 g/mol. The first kappa shape index (κ1) is 54.8. The molecule has 7 nitrogen and oxygen atoms in total. The van der Waals surface area contributed by atoms with Crippen molar-refractivity contribution in [1.82, 2.24) is 0 Å². The minimum atomic E-state index is 0.0652. The molecule has 0 saturated heterocycles. The monoisotopic (exact) mass is 1120 g/mol. The van der Waals surface area contributed by atoms with E-state index in [2.05, 4.69) is 46.3 Å². The number of benzene rings is 9. The molecule has 9 aromatic carbocycles. The summed E-state index contributed by atoms with van der Waals surface area (Å²) in [5, 5.41) is 42.2. The zero-order valence-electron chi connectivity index (χ0n) is 39.0. The Hall–Kier alpha value is -5.92. The van der Waals surface area contributed by atoms with Crippen LogP contribution < -0.4 is 20.7 Å². The van der Waals surface area contributed by atoms with Crippen molar-refractivity contribution < 1.29 is 20.1 Å². The van der Waals surface area contributed by atoms with Crippen LogP contribution in [0.25, 0.3) is 0 Å². The number of halogens is 5. The zero-order valence-corrected chi connectivity index (χ0v) is 45.3. The maximum absolute atomic E-state index is 10.0. The Morgan fingerprint density at radius 2 is 0.740 bits per heavy atom. The second kappa shape index (κ2) is 27.9. The SMILES string of the molecule is COc1ccc(Sc2ccccc2CNc2cccc(Cl)c2O)cc1.Oc1c(Cl)cccc1NCc1ccccc1Sc1cccc(Cl)c1.Oc1c(Cl)cccc1NCc1ccccc1Sc1ccccc1Cl. The summed E-state index contributed by atoms with van der Waals surface area (Å²) in [4.78, 5) is 6.63. The van der Waals surface area contributed by atoms with Crippen LogP contribution in [0.3, 0.4) is 0 Å². The molecule has 15 heteroatoms. The van der Waals surface area contributed by atoms with E-state index in [1.807, 2.05) is 121 Å². The molecule has 9 rings (SSSR count). The van der Waals surface area contributed by atoms with Crippen LogP contribution in [0.2, 0.25) is 25.1 Å². The van der Waals surface area contributed by atoms with Crippen LogP contribution in [0.4, 0.5) is 17.1 Å². The molecule has 0 saturated carbocycles. The van der Waals surface area contributed by atoms with E-state index in [9.17, 15) is 15.3 Å². The number of anilines is 3. The number of methoxy groups -OCH3 is 1. The molecule has 0 aliphatic carbocycles. The Kier molecular flexibility index (Phi) is 21.0. The van der Waals surface area contributed by atoms with Crippen molar-refractivity contribution >= 4 is 110 Å². The van der Waals surface area contributed by atoms with Gasteiger partial charge < -0.3 is 36.0 Å². The molecule has 0 radical (unpaired) electrons. The number of phenols is 3. The van der Waals surface area contributed by atoms with Gasteiger partial charge in [-0.2, -0.15) is 0 Å². The largest absolute Gasteiger partial charge is 0.504 e. The topological polar surface area (TPSA) is 106 Å². The summed E-state index contributed by atoms with van der Waals surface area (Å²) in [5.74, 6) is 1.05. The van der Waals surface area contributed by atoms with Crippen molar-refractivity contribution in [3.05, 3.63) is 242 Å². The first-order valence-electron chi connectivity index (χ1n) is 22.5. The summed E-state index contributed by atoms with van der Waals surface area (Å²) in [5.41, 5.74) is 5.23. The average Bonchev–Trinajstić information content (AvgIpc) is 3.40. The number of phenolic OH excluding ortho intramolecular Hbond substituents is 3. The van der Waals surface area contributed by atoms with Gasteiger partial charge in [0, 0.05) is 54.0 Å². The normalized spacial score (nSPS) is 10.5. The zero-order chi connectivity index (χ0) is 51.5. The lowest BCUT2D eigenvalue weighted by atomic mass is 10.2. The third kappa shape index (κ3) is 16.3. The molecule has 0 aromatic heterocycles. The van der Waals surface area contributed by atoms with E-state index < -0.39 is 0 Å². The van der Waals surface area contributed by atoms with Crippen LogP contribution in [-0.4, -0.2) is 22.4 Å². The van der Waals surface area contributed by atoms with Crippen molar-refractivity contribution in [2.75, 3.05) is 23.1 Å². The molecule has 0 spiro atoms. The minimum Gasteiger partial charge on any atom is -0.504 e. The van der Waals surface area contributed by atoms with Crippen LogP contribution in [0.5, 0.6) is 23.0 Å². The van der Waals surface area contributed by atoms with Crippen LogP contribution in [0.1, 0.15) is 16.7 Å². The average molecular weight is 1120 g/mol. The maximum Gasteiger partial charge on any atom is 0.157 e. The highest BCUT2D eigenvalue weighted by Gasteiger charge is 2.12. The standard InChI is InChI=1S/C20H18ClNO2S.2C19H15Cl2NOS/c1-24-15-9-11-16(12-10-15)25-19-8-3-2-5-14(19)13-22-18-7-4-6-17(21)20(18)23;20-14-7-2-4-11-18(14)24-17-10-3-1-6-13(17)12-22-16-9-5-8-15(21)19(16)23;20-14-6-3-7-15(11-14)24-18-10-2-1-5-13(18)12-22-17-9-4-8-16(21)19(17)23/h2-12,22-23H,13H2,1H3;2*1-11,22-23H,12H2. The van der Waals surface area contributed by atoms with Crippen LogP contribution in [0, 0.1) is 0 Å². The second-order valence-corrected chi connectivity index (χ2v) is 21.0. The smallest absolute Gasteiger partial charge is 0.157 e. The summed E-state index contributed by atoms with van der Waals surface area (Å²) < 4.78 is 5.20. The Bertz CT molecular complexity index is 3240. The highest BCUT2D eigenvalue weighted by molar-refractivity contribution is 8.00. The van der Waals surface area contributed by atoms with Crippen molar-refractivity contribution in [2.45, 2.75) is 49.0 Å². The highest BCUT2D eigenvalue weighted by atomic mass is 35.5. The molecule has 0 aliphatic heterocycles. The fourth-order valence-corrected chi connectivity index (χ4v) is 10.8. The predicted octanol–water partition coefficient (Wildman–Crippen LogP) is 18.7. The Morgan fingerprint density at radius 1 is 0.370 bits per heavy atom. The first-order valence-corrected chi connectivity index (χ1v) is 26.8. The molecule has 0 unspecified atom stereocenters. The van der Waals surface area contributed by atoms with Gasteiger partial charge in [0.05, 0.1) is 44.3 Å². The molecule has 0 bridgehead atoms. The number of hydrogen-bond acceptors (Lipinski definition) is 10. The summed E-state index contributed by atoms with van der Waals surface area (Å²) in [7, 11) is 1.66. The number of nitrogens with one attached hydrogen (secondary N) is 3. The van der Waals surface area contributed by atoms with Gasteiger partial charge in [-0.05, 0) is 126 Å². The number of rotatable bonds is 16. The molecule has 0 aliphatic rings. The summed E-state index contributed by atoms with van der Waals surface area (Å²) in [6, 6.07) is 63.7. The van der Waals surface area contributed by atoms with Gasteiger partial charge in [-0.25, -0.2) is 0 Å². The third-order valence-corrected chi connectivity index (χ3v) is 15.7. The quantitative estimate of drug-likeness (QED) is 0.0524. The van der Waals surface area contributed by atoms with E-state index in [4.69, 9.17) is 62.7 Å². The van der Waals surface area contributed by atoms with Gasteiger partial charge in [0.25, 0.3) is 0 Å². The van der Waals surface area contributed by atoms with E-state index in [0.29, 0.717) is 51.8 Å². The molecule has 73 heavy (non-hydrogen) atoms. The molecular formula is C58H48Cl5N3O4S3. The van der Waals surface area contributed by atoms with Gasteiger partial charge in [-0.3, -0.25) is 0 Å². The van der Waals surface area contributed by atoms with Gasteiger partial charge in [0.1, 0.15) is 5.75 Å². The number of aromatic hydroxyl groups is 3. The van der Waals surface area contributed by atoms with Gasteiger partial charge in [-0.1, -0.05) is 184 Å². The van der Waals surface area contributed by atoms with Crippen molar-refractivity contribution in [3.63, 3.8) is 0 Å². The molecule has 0 heterocycles. The van der Waals surface area contributed by atoms with E-state index in [-0.39, 0.29) is 17.2 Å². The molecule has 372 valence electrons. The van der Waals surface area contributed by atoms with Crippen molar-refractivity contribution in [1.29, 1.82) is 0 Å². The fourth-order valence-electron chi connectivity index (χ4n) is 6.87. The van der Waals surface area contributed by atoms with E-state index in [1.165, 1.54) is 0 Å². The number of para-hydroxylation sites is 3. The van der Waals surface area contributed by atoms with Crippen LogP contribution >= 0.6 is 93.3 Å². The summed E-state index contributed by atoms with van der Waals surface area (Å²) in [6.07, 6.45) is 0. The van der Waals surface area contributed by atoms with Gasteiger partial charge >= 0.3 is 0 Å². The number of hydrogen-bond donors (Lipinski definition) is 6. The van der Waals surface area contributed by atoms with Crippen LogP contribution in [0.15, 0.2) is 230 Å². The Morgan fingerprint density at radius 3 is 1.16 bits per heavy atom. The number of ether oxygens (including phenoxy) is 1. The van der Waals surface area contributed by atoms with Gasteiger partial charge in [0.15, 0.2) is 17.2 Å². The Labute approximate surface area is 463 Å². The summed E-state index contributed by atoms with van der Waals surface area (Å²) in [6.45, 7) is 1.74. The maximum atomic E-state index is 10.0. The van der Waals surface area contributed by atoms with Crippen molar-refractivity contribution in [3.8, 4) is 23.0 Å². The highest BCUT2D eigenvalue weighted by Crippen LogP contribution is 2.39. The lowest BCUT2D eigenvalue weighted by Gasteiger charge is -2.13. The molecule has 0 fully saturated rings. The lowest BCUT2D eigenvalue weighted by molar-refractivity contribution is 0.414. The summed E-state index contributed by atoms with van der Waals surface area (Å²) >= 11 is 35.1. The van der Waals surface area contributed by atoms with E-state index in [0.717, 1.165) is 61.9 Å². The fraction of sp³-hybridized carbons (Fsp3) is 0.0690. The molecule has 0 amide bonds. The van der Waals surface area contributed by atoms with E-state index in [1.54, 1.807) is 90.9 Å². The van der Waals surface area contributed by atoms with Crippen molar-refractivity contribution in [2.24, 2.45) is 0 Å². The van der Waals surface area contributed by atoms with Gasteiger partial charge in [-0.15, -0.1) is 0 Å². The second-order valence-electron chi connectivity index (χ2n) is 15.7. The molecule has 0 atom stereocenters. The van der Waals surface area contributed by atoms with Crippen LogP contribution in [-0.2, 0) is 19.6 Å². The third-order valence-electron chi connectivity index (χ3n) is 10.7. The predicted molar refractivity (Wildman–Crippen MR) is 309 cm³/mol. The Balaban J connectivity index is 0.000000160. The molecule has 6 N–H and O–H groups in total. The lowest BCUT2D eigenvalue weighted by Crippen LogP contribution is -2.01. The first-order chi connectivity index (χ1) is 35.4. The van der Waals surface area contributed by atoms with Gasteiger partial charge in [0.2, 0.25) is 0 Å².